The molecule has 0 atom stereocenters. The van der Waals surface area contributed by atoms with Crippen LogP contribution in [0, 0.1) is 0 Å². The minimum atomic E-state index is -3.81. The predicted octanol–water partition coefficient (Wildman–Crippen LogP) is 2.77. The van der Waals surface area contributed by atoms with Crippen LogP contribution in [0.1, 0.15) is 10.4 Å². The highest BCUT2D eigenvalue weighted by Crippen LogP contribution is 2.26. The van der Waals surface area contributed by atoms with Crippen LogP contribution in [-0.4, -0.2) is 14.3 Å². The lowest BCUT2D eigenvalue weighted by molar-refractivity contribution is 0.0997. The lowest BCUT2D eigenvalue weighted by Gasteiger charge is -2.09. The number of hydrogen-bond acceptors (Lipinski definition) is 3. The molecule has 0 fully saturated rings. The van der Waals surface area contributed by atoms with Gasteiger partial charge in [0.15, 0.2) is 0 Å². The zero-order chi connectivity index (χ0) is 15.7. The maximum atomic E-state index is 12.8. The average molecular weight is 311 g/mol. The van der Waals surface area contributed by atoms with E-state index in [2.05, 4.69) is 0 Å². The third kappa shape index (κ3) is 2.35. The summed E-state index contributed by atoms with van der Waals surface area (Å²) in [4.78, 5) is 11.5. The molecule has 0 radical (unpaired) electrons. The number of rotatable bonds is 3. The van der Waals surface area contributed by atoms with E-state index in [1.54, 1.807) is 24.3 Å². The molecule has 3 rings (SSSR count). The van der Waals surface area contributed by atoms with E-state index in [1.807, 2.05) is 24.3 Å². The normalized spacial score (nSPS) is 11.5. The molecule has 1 amide bonds. The molecule has 0 bridgehead atoms. The first kappa shape index (κ1) is 14.3. The van der Waals surface area contributed by atoms with E-state index in [0.29, 0.717) is 0 Å². The van der Waals surface area contributed by atoms with Crippen molar-refractivity contribution < 1.29 is 13.2 Å². The summed E-state index contributed by atoms with van der Waals surface area (Å²) in [6.45, 7) is 0. The second kappa shape index (κ2) is 5.27. The smallest absolute Gasteiger partial charge is 0.250 e. The van der Waals surface area contributed by atoms with Crippen LogP contribution >= 0.6 is 0 Å². The van der Waals surface area contributed by atoms with E-state index in [4.69, 9.17) is 5.73 Å². The quantitative estimate of drug-likeness (QED) is 0.808. The van der Waals surface area contributed by atoms with Crippen LogP contribution in [0.25, 0.3) is 10.8 Å². The molecule has 2 N–H and O–H groups in total. The van der Waals surface area contributed by atoms with Crippen LogP contribution in [0.4, 0.5) is 0 Å². The van der Waals surface area contributed by atoms with Gasteiger partial charge in [-0.05, 0) is 35.0 Å². The Morgan fingerprint density at radius 3 is 2.18 bits per heavy atom. The molecular weight excluding hydrogens is 298 g/mol. The van der Waals surface area contributed by atoms with Gasteiger partial charge in [0, 0.05) is 0 Å². The van der Waals surface area contributed by atoms with Crippen LogP contribution < -0.4 is 5.73 Å². The fourth-order valence-electron chi connectivity index (χ4n) is 2.37. The number of carbonyl (C=O) groups excluding carboxylic acids is 1. The Hall–Kier alpha value is -2.66. The van der Waals surface area contributed by atoms with Crippen molar-refractivity contribution in [1.29, 1.82) is 0 Å². The first-order chi connectivity index (χ1) is 10.5. The molecule has 0 spiro atoms. The Labute approximate surface area is 128 Å². The lowest BCUT2D eigenvalue weighted by atomic mass is 10.1. The van der Waals surface area contributed by atoms with Crippen molar-refractivity contribution in [2.45, 2.75) is 9.79 Å². The van der Waals surface area contributed by atoms with E-state index in [1.165, 1.54) is 18.2 Å². The van der Waals surface area contributed by atoms with Gasteiger partial charge in [0.05, 0.1) is 15.4 Å². The second-order valence-electron chi connectivity index (χ2n) is 4.87. The van der Waals surface area contributed by atoms with E-state index in [-0.39, 0.29) is 15.4 Å². The lowest BCUT2D eigenvalue weighted by Crippen LogP contribution is -2.16. The van der Waals surface area contributed by atoms with Crippen LogP contribution in [0.5, 0.6) is 0 Å². The van der Waals surface area contributed by atoms with Crippen molar-refractivity contribution >= 4 is 26.5 Å². The van der Waals surface area contributed by atoms with Gasteiger partial charge in [-0.3, -0.25) is 4.79 Å². The molecule has 110 valence electrons. The number of amides is 1. The minimum Gasteiger partial charge on any atom is -0.366 e. The Morgan fingerprint density at radius 2 is 1.45 bits per heavy atom. The second-order valence-corrected chi connectivity index (χ2v) is 6.79. The first-order valence-corrected chi connectivity index (χ1v) is 8.11. The molecule has 22 heavy (non-hydrogen) atoms. The average Bonchev–Trinajstić information content (AvgIpc) is 2.54. The van der Waals surface area contributed by atoms with Gasteiger partial charge < -0.3 is 5.73 Å². The summed E-state index contributed by atoms with van der Waals surface area (Å²) in [5, 5.41) is 1.77. The van der Waals surface area contributed by atoms with E-state index in [9.17, 15) is 13.2 Å². The van der Waals surface area contributed by atoms with Gasteiger partial charge in [0.25, 0.3) is 0 Å². The molecule has 3 aromatic carbocycles. The van der Waals surface area contributed by atoms with Gasteiger partial charge in [-0.25, -0.2) is 8.42 Å². The maximum Gasteiger partial charge on any atom is 0.250 e. The Balaban J connectivity index is 2.22. The molecule has 0 saturated heterocycles. The van der Waals surface area contributed by atoms with E-state index >= 15 is 0 Å². The third-order valence-corrected chi connectivity index (χ3v) is 5.28. The largest absolute Gasteiger partial charge is 0.366 e. The SMILES string of the molecule is NC(=O)c1ccccc1S(=O)(=O)c1ccc2ccccc2c1. The summed E-state index contributed by atoms with van der Waals surface area (Å²) in [5.41, 5.74) is 5.27. The molecule has 0 unspecified atom stereocenters. The predicted molar refractivity (Wildman–Crippen MR) is 84.4 cm³/mol. The molecular formula is C17H13NO3S. The van der Waals surface area contributed by atoms with Crippen molar-refractivity contribution in [3.05, 3.63) is 72.3 Å². The van der Waals surface area contributed by atoms with Gasteiger partial charge in [-0.2, -0.15) is 0 Å². The number of fused-ring (bicyclic) bond motifs is 1. The summed E-state index contributed by atoms with van der Waals surface area (Å²) in [5.74, 6) is -0.764. The number of hydrogen-bond donors (Lipinski definition) is 1. The maximum absolute atomic E-state index is 12.8. The van der Waals surface area contributed by atoms with Crippen LogP contribution in [-0.2, 0) is 9.84 Å². The highest BCUT2D eigenvalue weighted by Gasteiger charge is 2.23. The number of benzene rings is 3. The molecule has 0 heterocycles. The topological polar surface area (TPSA) is 77.2 Å². The van der Waals surface area contributed by atoms with Crippen LogP contribution in [0.2, 0.25) is 0 Å². The van der Waals surface area contributed by atoms with Crippen molar-refractivity contribution in [2.75, 3.05) is 0 Å². The van der Waals surface area contributed by atoms with Crippen LogP contribution in [0.15, 0.2) is 76.5 Å². The zero-order valence-corrected chi connectivity index (χ0v) is 12.4. The highest BCUT2D eigenvalue weighted by atomic mass is 32.2. The monoisotopic (exact) mass is 311 g/mol. The van der Waals surface area contributed by atoms with Gasteiger partial charge in [0.2, 0.25) is 15.7 Å². The molecule has 3 aromatic rings. The van der Waals surface area contributed by atoms with Gasteiger partial charge in [-0.15, -0.1) is 0 Å². The fourth-order valence-corrected chi connectivity index (χ4v) is 3.87. The Morgan fingerprint density at radius 1 is 0.818 bits per heavy atom. The Bertz CT molecular complexity index is 978. The van der Waals surface area contributed by atoms with E-state index in [0.717, 1.165) is 10.8 Å². The number of nitrogens with two attached hydrogens (primary N) is 1. The van der Waals surface area contributed by atoms with Gasteiger partial charge >= 0.3 is 0 Å². The zero-order valence-electron chi connectivity index (χ0n) is 11.6. The number of carbonyl (C=O) groups is 1. The molecule has 4 nitrogen and oxygen atoms in total. The minimum absolute atomic E-state index is 0.00402. The van der Waals surface area contributed by atoms with Gasteiger partial charge in [-0.1, -0.05) is 42.5 Å². The first-order valence-electron chi connectivity index (χ1n) is 6.63. The van der Waals surface area contributed by atoms with Crippen molar-refractivity contribution in [3.63, 3.8) is 0 Å². The summed E-state index contributed by atoms with van der Waals surface area (Å²) in [6, 6.07) is 18.3. The molecule has 0 aliphatic rings. The van der Waals surface area contributed by atoms with Crippen molar-refractivity contribution in [3.8, 4) is 0 Å². The summed E-state index contributed by atoms with van der Waals surface area (Å²) in [6.07, 6.45) is 0. The van der Waals surface area contributed by atoms with Crippen LogP contribution in [0.3, 0.4) is 0 Å². The standard InChI is InChI=1S/C17H13NO3S/c18-17(19)15-7-3-4-8-16(15)22(20,21)14-10-9-12-5-1-2-6-13(12)11-14/h1-11H,(H2,18,19). The van der Waals surface area contributed by atoms with Crippen molar-refractivity contribution in [1.82, 2.24) is 0 Å². The molecule has 5 heteroatoms. The molecule has 0 aliphatic carbocycles. The molecule has 0 aromatic heterocycles. The fraction of sp³-hybridized carbons (Fsp3) is 0. The summed E-state index contributed by atoms with van der Waals surface area (Å²) >= 11 is 0. The highest BCUT2D eigenvalue weighted by molar-refractivity contribution is 7.91. The third-order valence-electron chi connectivity index (χ3n) is 3.47. The Kier molecular flexibility index (Phi) is 3.42. The summed E-state index contributed by atoms with van der Waals surface area (Å²) < 4.78 is 25.6. The number of sulfone groups is 1. The molecule has 0 saturated carbocycles. The summed E-state index contributed by atoms with van der Waals surface area (Å²) in [7, 11) is -3.81. The van der Waals surface area contributed by atoms with Crippen molar-refractivity contribution in [2.24, 2.45) is 5.73 Å². The van der Waals surface area contributed by atoms with Gasteiger partial charge in [0.1, 0.15) is 0 Å². The number of primary amides is 1. The van der Waals surface area contributed by atoms with E-state index < -0.39 is 15.7 Å². The molecule has 0 aliphatic heterocycles.